The molecule has 0 bridgehead atoms. The lowest BCUT2D eigenvalue weighted by Gasteiger charge is -2.40. The van der Waals surface area contributed by atoms with Crippen molar-refractivity contribution in [2.75, 3.05) is 57.9 Å². The third-order valence-electron chi connectivity index (χ3n) is 5.38. The molecule has 1 aromatic rings. The summed E-state index contributed by atoms with van der Waals surface area (Å²) in [6.45, 7) is 5.44. The molecule has 1 aromatic carbocycles. The monoisotopic (exact) mass is 377 g/mol. The van der Waals surface area contributed by atoms with E-state index >= 15 is 0 Å². The van der Waals surface area contributed by atoms with Gasteiger partial charge >= 0.3 is 0 Å². The molecule has 0 unspecified atom stereocenters. The van der Waals surface area contributed by atoms with E-state index in [0.717, 1.165) is 44.4 Å². The average Bonchev–Trinajstić information content (AvgIpc) is 2.70. The Morgan fingerprint density at radius 3 is 2.50 bits per heavy atom. The Labute approximate surface area is 161 Å². The van der Waals surface area contributed by atoms with Crippen LogP contribution < -0.4 is 10.1 Å². The van der Waals surface area contributed by atoms with Crippen LogP contribution in [0.25, 0.3) is 0 Å². The van der Waals surface area contributed by atoms with Gasteiger partial charge in [0.15, 0.2) is 0 Å². The van der Waals surface area contributed by atoms with Crippen molar-refractivity contribution in [2.45, 2.75) is 25.3 Å². The minimum absolute atomic E-state index is 0.140. The molecule has 0 radical (unpaired) electrons. The second-order valence-electron chi connectivity index (χ2n) is 7.10. The lowest BCUT2D eigenvalue weighted by molar-refractivity contribution is -0.122. The number of nitrogens with one attached hydrogen (secondary N) is 1. The van der Waals surface area contributed by atoms with E-state index in [0.29, 0.717) is 13.1 Å². The summed E-state index contributed by atoms with van der Waals surface area (Å²) >= 11 is 2.08. The number of carbonyl (C=O) groups excluding carboxylic acids is 1. The molecule has 0 atom stereocenters. The number of amides is 1. The zero-order valence-electron chi connectivity index (χ0n) is 15.8. The highest BCUT2D eigenvalue weighted by molar-refractivity contribution is 7.99. The number of thioether (sulfide) groups is 1. The van der Waals surface area contributed by atoms with E-state index in [2.05, 4.69) is 26.9 Å². The second kappa shape index (κ2) is 10.2. The summed E-state index contributed by atoms with van der Waals surface area (Å²) < 4.78 is 5.16. The Hall–Kier alpha value is -1.24. The summed E-state index contributed by atoms with van der Waals surface area (Å²) in [6, 6.07) is 8.79. The van der Waals surface area contributed by atoms with Gasteiger partial charge in [-0.1, -0.05) is 12.1 Å². The molecule has 2 heterocycles. The van der Waals surface area contributed by atoms with Crippen molar-refractivity contribution in [1.82, 2.24) is 15.1 Å². The quantitative estimate of drug-likeness (QED) is 0.786. The highest BCUT2D eigenvalue weighted by atomic mass is 32.2. The molecule has 2 aliphatic heterocycles. The largest absolute Gasteiger partial charge is 0.497 e. The van der Waals surface area contributed by atoms with Crippen molar-refractivity contribution in [3.8, 4) is 5.75 Å². The SMILES string of the molecule is COc1ccc(CCNC(=O)CN2CCN(C3CCSCC3)CC2)cc1. The van der Waals surface area contributed by atoms with E-state index in [1.165, 1.54) is 29.9 Å². The summed E-state index contributed by atoms with van der Waals surface area (Å²) in [5, 5.41) is 3.05. The van der Waals surface area contributed by atoms with Crippen molar-refractivity contribution in [2.24, 2.45) is 0 Å². The van der Waals surface area contributed by atoms with Gasteiger partial charge in [-0.25, -0.2) is 0 Å². The second-order valence-corrected chi connectivity index (χ2v) is 8.33. The third-order valence-corrected chi connectivity index (χ3v) is 6.42. The molecule has 0 spiro atoms. The van der Waals surface area contributed by atoms with Gasteiger partial charge in [-0.05, 0) is 48.5 Å². The van der Waals surface area contributed by atoms with E-state index in [9.17, 15) is 4.79 Å². The standard InChI is InChI=1S/C20H31N3O2S/c1-25-19-4-2-17(3-5-19)6-9-21-20(24)16-22-10-12-23(13-11-22)18-7-14-26-15-8-18/h2-5,18H,6-16H2,1H3,(H,21,24). The van der Waals surface area contributed by atoms with Crippen LogP contribution in [-0.2, 0) is 11.2 Å². The normalized spacial score (nSPS) is 20.0. The third kappa shape index (κ3) is 5.89. The first-order chi connectivity index (χ1) is 12.7. The summed E-state index contributed by atoms with van der Waals surface area (Å²) in [4.78, 5) is 17.1. The Kier molecular flexibility index (Phi) is 7.65. The van der Waals surface area contributed by atoms with Gasteiger partial charge in [-0.3, -0.25) is 14.6 Å². The predicted molar refractivity (Wildman–Crippen MR) is 108 cm³/mol. The van der Waals surface area contributed by atoms with Crippen molar-refractivity contribution in [3.05, 3.63) is 29.8 Å². The molecule has 2 fully saturated rings. The maximum absolute atomic E-state index is 12.2. The lowest BCUT2D eigenvalue weighted by Crippen LogP contribution is -2.53. The fraction of sp³-hybridized carbons (Fsp3) is 0.650. The van der Waals surface area contributed by atoms with Crippen LogP contribution in [0.3, 0.4) is 0 Å². The van der Waals surface area contributed by atoms with Crippen LogP contribution in [0.4, 0.5) is 0 Å². The Bertz CT molecular complexity index is 553. The minimum atomic E-state index is 0.140. The zero-order chi connectivity index (χ0) is 18.2. The number of carbonyl (C=O) groups is 1. The van der Waals surface area contributed by atoms with Crippen LogP contribution in [0.15, 0.2) is 24.3 Å². The number of ether oxygens (including phenoxy) is 1. The number of hydrogen-bond acceptors (Lipinski definition) is 5. The molecule has 0 saturated carbocycles. The zero-order valence-corrected chi connectivity index (χ0v) is 16.6. The topological polar surface area (TPSA) is 44.8 Å². The molecule has 2 saturated heterocycles. The highest BCUT2D eigenvalue weighted by Crippen LogP contribution is 2.22. The molecular weight excluding hydrogens is 346 g/mol. The van der Waals surface area contributed by atoms with Crippen LogP contribution in [0.2, 0.25) is 0 Å². The van der Waals surface area contributed by atoms with Gasteiger partial charge < -0.3 is 10.1 Å². The number of rotatable bonds is 7. The van der Waals surface area contributed by atoms with Gasteiger partial charge in [0.1, 0.15) is 5.75 Å². The molecule has 0 aromatic heterocycles. The maximum Gasteiger partial charge on any atom is 0.234 e. The highest BCUT2D eigenvalue weighted by Gasteiger charge is 2.25. The smallest absolute Gasteiger partial charge is 0.234 e. The van der Waals surface area contributed by atoms with E-state index in [1.54, 1.807) is 7.11 Å². The van der Waals surface area contributed by atoms with Crippen LogP contribution in [0.5, 0.6) is 5.75 Å². The van der Waals surface area contributed by atoms with E-state index < -0.39 is 0 Å². The first-order valence-corrected chi connectivity index (χ1v) is 10.8. The molecule has 2 aliphatic rings. The first-order valence-electron chi connectivity index (χ1n) is 9.68. The fourth-order valence-electron chi connectivity index (χ4n) is 3.73. The number of nitrogens with zero attached hydrogens (tertiary/aromatic N) is 2. The molecule has 5 nitrogen and oxygen atoms in total. The van der Waals surface area contributed by atoms with Crippen molar-refractivity contribution in [1.29, 1.82) is 0 Å². The summed E-state index contributed by atoms with van der Waals surface area (Å²) in [7, 11) is 1.67. The molecule has 0 aliphatic carbocycles. The maximum atomic E-state index is 12.2. The van der Waals surface area contributed by atoms with E-state index in [4.69, 9.17) is 4.74 Å². The summed E-state index contributed by atoms with van der Waals surface area (Å²) in [5.41, 5.74) is 1.21. The van der Waals surface area contributed by atoms with Crippen LogP contribution in [0, 0.1) is 0 Å². The Morgan fingerprint density at radius 1 is 1.15 bits per heavy atom. The molecule has 26 heavy (non-hydrogen) atoms. The van der Waals surface area contributed by atoms with E-state index in [-0.39, 0.29) is 5.91 Å². The number of piperazine rings is 1. The Morgan fingerprint density at radius 2 is 1.85 bits per heavy atom. The summed E-state index contributed by atoms with van der Waals surface area (Å²) in [5.74, 6) is 3.62. The van der Waals surface area contributed by atoms with Gasteiger partial charge in [0, 0.05) is 38.8 Å². The van der Waals surface area contributed by atoms with Gasteiger partial charge in [0.2, 0.25) is 5.91 Å². The van der Waals surface area contributed by atoms with Crippen molar-refractivity contribution >= 4 is 17.7 Å². The minimum Gasteiger partial charge on any atom is -0.497 e. The van der Waals surface area contributed by atoms with E-state index in [1.807, 2.05) is 24.3 Å². The number of hydrogen-bond donors (Lipinski definition) is 1. The number of benzene rings is 1. The summed E-state index contributed by atoms with van der Waals surface area (Å²) in [6.07, 6.45) is 3.51. The van der Waals surface area contributed by atoms with Gasteiger partial charge in [-0.2, -0.15) is 11.8 Å². The van der Waals surface area contributed by atoms with Gasteiger partial charge in [-0.15, -0.1) is 0 Å². The van der Waals surface area contributed by atoms with Crippen LogP contribution in [0.1, 0.15) is 18.4 Å². The molecule has 1 N–H and O–H groups in total. The number of methoxy groups -OCH3 is 1. The fourth-order valence-corrected chi connectivity index (χ4v) is 4.82. The van der Waals surface area contributed by atoms with Crippen molar-refractivity contribution in [3.63, 3.8) is 0 Å². The lowest BCUT2D eigenvalue weighted by atomic mass is 10.1. The van der Waals surface area contributed by atoms with Crippen molar-refractivity contribution < 1.29 is 9.53 Å². The average molecular weight is 378 g/mol. The molecule has 144 valence electrons. The molecule has 3 rings (SSSR count). The van der Waals surface area contributed by atoms with Crippen LogP contribution in [-0.4, -0.2) is 79.6 Å². The molecule has 1 amide bonds. The van der Waals surface area contributed by atoms with Gasteiger partial charge in [0.25, 0.3) is 0 Å². The Balaban J connectivity index is 1.31. The first kappa shape index (κ1) is 19.5. The van der Waals surface area contributed by atoms with Crippen LogP contribution >= 0.6 is 11.8 Å². The molecule has 6 heteroatoms. The van der Waals surface area contributed by atoms with Gasteiger partial charge in [0.05, 0.1) is 13.7 Å². The molecular formula is C20H31N3O2S. The predicted octanol–water partition coefficient (Wildman–Crippen LogP) is 1.87.